The van der Waals surface area contributed by atoms with E-state index >= 15 is 0 Å². The molecule has 1 aliphatic rings. The van der Waals surface area contributed by atoms with Crippen LogP contribution in [0.25, 0.3) is 0 Å². The van der Waals surface area contributed by atoms with Gasteiger partial charge in [0.05, 0.1) is 18.7 Å². The molecule has 0 bridgehead atoms. The molecule has 132 valence electrons. The first-order chi connectivity index (χ1) is 11.3. The van der Waals surface area contributed by atoms with Crippen LogP contribution in [-0.4, -0.2) is 31.0 Å². The lowest BCUT2D eigenvalue weighted by Crippen LogP contribution is -2.46. The van der Waals surface area contributed by atoms with E-state index in [1.165, 1.54) is 0 Å². The number of hydrogen-bond acceptors (Lipinski definition) is 3. The van der Waals surface area contributed by atoms with E-state index in [4.69, 9.17) is 4.74 Å². The fourth-order valence-corrected chi connectivity index (χ4v) is 3.25. The number of rotatable bonds is 6. The molecule has 1 N–H and O–H groups in total. The van der Waals surface area contributed by atoms with Crippen LogP contribution in [-0.2, 0) is 9.59 Å². The molecule has 0 saturated carbocycles. The molecule has 0 radical (unpaired) electrons. The summed E-state index contributed by atoms with van der Waals surface area (Å²) in [4.78, 5) is 26.7. The number of nitrogens with zero attached hydrogens (tertiary/aromatic N) is 1. The van der Waals surface area contributed by atoms with Crippen LogP contribution in [0.2, 0.25) is 0 Å². The number of anilines is 1. The van der Waals surface area contributed by atoms with Crippen LogP contribution in [0.4, 0.5) is 5.69 Å². The maximum Gasteiger partial charge on any atom is 0.227 e. The average molecular weight is 332 g/mol. The molecule has 1 aromatic rings. The second kappa shape index (κ2) is 7.24. The molecule has 0 spiro atoms. The molecule has 1 aliphatic heterocycles. The third-order valence-electron chi connectivity index (χ3n) is 4.46. The van der Waals surface area contributed by atoms with E-state index in [0.717, 1.165) is 24.1 Å². The van der Waals surface area contributed by atoms with Crippen LogP contribution in [0.15, 0.2) is 18.2 Å². The molecule has 0 aliphatic carbocycles. The van der Waals surface area contributed by atoms with E-state index in [1.807, 2.05) is 39.0 Å². The van der Waals surface area contributed by atoms with Gasteiger partial charge in [-0.1, -0.05) is 19.4 Å². The van der Waals surface area contributed by atoms with Crippen molar-refractivity contribution in [1.29, 1.82) is 0 Å². The van der Waals surface area contributed by atoms with E-state index in [9.17, 15) is 9.59 Å². The summed E-state index contributed by atoms with van der Waals surface area (Å²) in [5.74, 6) is 0.253. The monoisotopic (exact) mass is 332 g/mol. The number of nitrogens with one attached hydrogen (secondary N) is 1. The number of benzene rings is 1. The van der Waals surface area contributed by atoms with Gasteiger partial charge < -0.3 is 15.0 Å². The summed E-state index contributed by atoms with van der Waals surface area (Å²) >= 11 is 0. The standard InChI is InChI=1S/C19H28N2O3/c1-6-9-19(3,4)20-18(23)14-11-17(22)21(12-14)15-10-13(2)7-8-16(15)24-5/h7-8,10,14H,6,9,11-12H2,1-5H3,(H,20,23). The molecule has 24 heavy (non-hydrogen) atoms. The number of amides is 2. The molecule has 1 atom stereocenters. The number of methoxy groups -OCH3 is 1. The highest BCUT2D eigenvalue weighted by Crippen LogP contribution is 2.34. The second-order valence-electron chi connectivity index (χ2n) is 7.20. The molecule has 5 heteroatoms. The molecule has 5 nitrogen and oxygen atoms in total. The molecule has 1 unspecified atom stereocenters. The lowest BCUT2D eigenvalue weighted by atomic mass is 9.97. The van der Waals surface area contributed by atoms with Crippen molar-refractivity contribution in [2.75, 3.05) is 18.6 Å². The summed E-state index contributed by atoms with van der Waals surface area (Å²) in [7, 11) is 1.59. The fourth-order valence-electron chi connectivity index (χ4n) is 3.25. The molecular weight excluding hydrogens is 304 g/mol. The third kappa shape index (κ3) is 4.08. The Labute approximate surface area is 144 Å². The van der Waals surface area contributed by atoms with Gasteiger partial charge in [-0.2, -0.15) is 0 Å². The smallest absolute Gasteiger partial charge is 0.227 e. The van der Waals surface area contributed by atoms with E-state index < -0.39 is 0 Å². The minimum absolute atomic E-state index is 0.0349. The van der Waals surface area contributed by atoms with Crippen LogP contribution in [0.5, 0.6) is 5.75 Å². The zero-order valence-corrected chi connectivity index (χ0v) is 15.3. The van der Waals surface area contributed by atoms with Crippen LogP contribution in [0.3, 0.4) is 0 Å². The third-order valence-corrected chi connectivity index (χ3v) is 4.46. The molecule has 0 aromatic heterocycles. The Kier molecular flexibility index (Phi) is 5.52. The normalized spacial score (nSPS) is 18.0. The maximum absolute atomic E-state index is 12.6. The van der Waals surface area contributed by atoms with E-state index in [-0.39, 0.29) is 29.7 Å². The first kappa shape index (κ1) is 18.3. The quantitative estimate of drug-likeness (QED) is 0.871. The minimum Gasteiger partial charge on any atom is -0.495 e. The fraction of sp³-hybridized carbons (Fsp3) is 0.579. The minimum atomic E-state index is -0.321. The van der Waals surface area contributed by atoms with E-state index in [1.54, 1.807) is 12.0 Å². The summed E-state index contributed by atoms with van der Waals surface area (Å²) in [6.45, 7) is 8.51. The highest BCUT2D eigenvalue weighted by Gasteiger charge is 2.37. The highest BCUT2D eigenvalue weighted by molar-refractivity contribution is 6.01. The average Bonchev–Trinajstić information content (AvgIpc) is 2.88. The Balaban J connectivity index is 2.14. The van der Waals surface area contributed by atoms with Crippen molar-refractivity contribution in [3.63, 3.8) is 0 Å². The van der Waals surface area contributed by atoms with Crippen molar-refractivity contribution in [2.45, 2.75) is 52.5 Å². The predicted molar refractivity (Wildman–Crippen MR) is 95.3 cm³/mol. The zero-order valence-electron chi connectivity index (χ0n) is 15.3. The molecule has 1 saturated heterocycles. The van der Waals surface area contributed by atoms with Crippen molar-refractivity contribution >= 4 is 17.5 Å². The molecule has 2 amide bonds. The Morgan fingerprint density at radius 1 is 1.42 bits per heavy atom. The van der Waals surface area contributed by atoms with Gasteiger partial charge >= 0.3 is 0 Å². The van der Waals surface area contributed by atoms with Gasteiger partial charge in [0, 0.05) is 18.5 Å². The zero-order chi connectivity index (χ0) is 17.9. The Morgan fingerprint density at radius 3 is 2.75 bits per heavy atom. The van der Waals surface area contributed by atoms with Crippen LogP contribution in [0.1, 0.15) is 45.6 Å². The van der Waals surface area contributed by atoms with Crippen molar-refractivity contribution < 1.29 is 14.3 Å². The number of aryl methyl sites for hydroxylation is 1. The first-order valence-corrected chi connectivity index (χ1v) is 8.54. The van der Waals surface area contributed by atoms with E-state index in [2.05, 4.69) is 12.2 Å². The van der Waals surface area contributed by atoms with Gasteiger partial charge in [-0.15, -0.1) is 0 Å². The van der Waals surface area contributed by atoms with Gasteiger partial charge in [-0.3, -0.25) is 9.59 Å². The molecular formula is C19H28N2O3. The summed E-state index contributed by atoms with van der Waals surface area (Å²) in [6, 6.07) is 5.73. The number of ether oxygens (including phenoxy) is 1. The van der Waals surface area contributed by atoms with Crippen molar-refractivity contribution in [2.24, 2.45) is 5.92 Å². The van der Waals surface area contributed by atoms with Crippen molar-refractivity contribution in [3.8, 4) is 5.75 Å². The van der Waals surface area contributed by atoms with Crippen molar-refractivity contribution in [1.82, 2.24) is 5.32 Å². The Bertz CT molecular complexity index is 625. The maximum atomic E-state index is 12.6. The van der Waals surface area contributed by atoms with Crippen LogP contribution in [0, 0.1) is 12.8 Å². The van der Waals surface area contributed by atoms with Gasteiger partial charge in [0.1, 0.15) is 5.75 Å². The van der Waals surface area contributed by atoms with E-state index in [0.29, 0.717) is 12.3 Å². The topological polar surface area (TPSA) is 58.6 Å². The Morgan fingerprint density at radius 2 is 2.12 bits per heavy atom. The lowest BCUT2D eigenvalue weighted by molar-refractivity contribution is -0.127. The number of carbonyl (C=O) groups is 2. The summed E-state index contributed by atoms with van der Waals surface area (Å²) in [5, 5.41) is 3.08. The SMILES string of the molecule is CCCC(C)(C)NC(=O)C1CC(=O)N(c2cc(C)ccc2OC)C1. The first-order valence-electron chi connectivity index (χ1n) is 8.54. The number of carbonyl (C=O) groups excluding carboxylic acids is 2. The Hall–Kier alpha value is -2.04. The summed E-state index contributed by atoms with van der Waals surface area (Å²) < 4.78 is 5.37. The molecule has 1 aromatic carbocycles. The van der Waals surface area contributed by atoms with Crippen LogP contribution >= 0.6 is 0 Å². The van der Waals surface area contributed by atoms with Gasteiger partial charge in [0.2, 0.25) is 11.8 Å². The van der Waals surface area contributed by atoms with Gasteiger partial charge in [0.25, 0.3) is 0 Å². The lowest BCUT2D eigenvalue weighted by Gasteiger charge is -2.27. The highest BCUT2D eigenvalue weighted by atomic mass is 16.5. The number of hydrogen-bond donors (Lipinski definition) is 1. The predicted octanol–water partition coefficient (Wildman–Crippen LogP) is 3.05. The summed E-state index contributed by atoms with van der Waals surface area (Å²) in [6.07, 6.45) is 2.16. The molecule has 1 fully saturated rings. The molecule has 1 heterocycles. The van der Waals surface area contributed by atoms with Crippen molar-refractivity contribution in [3.05, 3.63) is 23.8 Å². The van der Waals surface area contributed by atoms with Gasteiger partial charge in [0.15, 0.2) is 0 Å². The van der Waals surface area contributed by atoms with Crippen LogP contribution < -0.4 is 15.0 Å². The van der Waals surface area contributed by atoms with Gasteiger partial charge in [-0.05, 0) is 44.9 Å². The summed E-state index contributed by atoms with van der Waals surface area (Å²) in [5.41, 5.74) is 1.55. The van der Waals surface area contributed by atoms with Gasteiger partial charge in [-0.25, -0.2) is 0 Å². The molecule has 2 rings (SSSR count). The second-order valence-corrected chi connectivity index (χ2v) is 7.20. The largest absolute Gasteiger partial charge is 0.495 e.